The lowest BCUT2D eigenvalue weighted by atomic mass is 9.84. The average molecular weight is 282 g/mol. The van der Waals surface area contributed by atoms with E-state index in [1.54, 1.807) is 4.90 Å². The van der Waals surface area contributed by atoms with Crippen molar-refractivity contribution in [3.63, 3.8) is 0 Å². The molecular formula is C15H26N2O3. The topological polar surface area (TPSA) is 58.6 Å². The number of likely N-dealkylation sites (tertiary alicyclic amines) is 1. The minimum atomic E-state index is -0.473. The summed E-state index contributed by atoms with van der Waals surface area (Å²) in [5.74, 6) is 0.360. The lowest BCUT2D eigenvalue weighted by Crippen LogP contribution is -2.52. The maximum atomic E-state index is 12.0. The molecule has 0 aromatic heterocycles. The maximum absolute atomic E-state index is 12.0. The van der Waals surface area contributed by atoms with Crippen molar-refractivity contribution < 1.29 is 14.3 Å². The molecule has 2 aliphatic rings. The lowest BCUT2D eigenvalue weighted by molar-refractivity contribution is -0.128. The maximum Gasteiger partial charge on any atom is 0.410 e. The van der Waals surface area contributed by atoms with Crippen LogP contribution in [0.15, 0.2) is 0 Å². The monoisotopic (exact) mass is 282 g/mol. The molecule has 1 saturated heterocycles. The number of hydrogen-bond acceptors (Lipinski definition) is 3. The summed E-state index contributed by atoms with van der Waals surface area (Å²) in [7, 11) is 0. The molecule has 0 unspecified atom stereocenters. The van der Waals surface area contributed by atoms with Crippen LogP contribution in [-0.4, -0.2) is 41.6 Å². The summed E-state index contributed by atoms with van der Waals surface area (Å²) in [5.41, 5.74) is -0.473. The van der Waals surface area contributed by atoms with Gasteiger partial charge in [-0.2, -0.15) is 0 Å². The standard InChI is InChI=1S/C15H26N2O3/c1-15(2,3)20-14(19)17-9-5-8-12(10-17)16-13(18)11-6-4-7-11/h11-12H,4-10H2,1-3H3,(H,16,18)/t12-/m0/s1. The summed E-state index contributed by atoms with van der Waals surface area (Å²) < 4.78 is 5.38. The normalized spacial score (nSPS) is 23.9. The molecule has 1 heterocycles. The number of nitrogens with one attached hydrogen (secondary N) is 1. The van der Waals surface area contributed by atoms with Crippen LogP contribution in [0.4, 0.5) is 4.79 Å². The Kier molecular flexibility index (Phi) is 4.55. The quantitative estimate of drug-likeness (QED) is 0.845. The smallest absolute Gasteiger partial charge is 0.410 e. The number of nitrogens with zero attached hydrogens (tertiary/aromatic N) is 1. The predicted molar refractivity (Wildman–Crippen MR) is 76.3 cm³/mol. The van der Waals surface area contributed by atoms with Crippen LogP contribution in [-0.2, 0) is 9.53 Å². The summed E-state index contributed by atoms with van der Waals surface area (Å²) in [6, 6.07) is 0.0735. The molecule has 1 aliphatic carbocycles. The second kappa shape index (κ2) is 6.02. The van der Waals surface area contributed by atoms with Gasteiger partial charge in [-0.3, -0.25) is 4.79 Å². The summed E-state index contributed by atoms with van der Waals surface area (Å²) in [6.07, 6.45) is 4.75. The van der Waals surface area contributed by atoms with E-state index in [0.29, 0.717) is 13.1 Å². The molecule has 2 rings (SSSR count). The van der Waals surface area contributed by atoms with Gasteiger partial charge in [0.25, 0.3) is 0 Å². The van der Waals surface area contributed by atoms with E-state index in [2.05, 4.69) is 5.32 Å². The molecular weight excluding hydrogens is 256 g/mol. The van der Waals surface area contributed by atoms with Crippen LogP contribution < -0.4 is 5.32 Å². The zero-order valence-electron chi connectivity index (χ0n) is 12.8. The van der Waals surface area contributed by atoms with Gasteiger partial charge in [0.1, 0.15) is 5.60 Å². The van der Waals surface area contributed by atoms with Crippen molar-refractivity contribution in [1.82, 2.24) is 10.2 Å². The Bertz CT molecular complexity index is 372. The highest BCUT2D eigenvalue weighted by molar-refractivity contribution is 5.79. The zero-order valence-corrected chi connectivity index (χ0v) is 12.8. The van der Waals surface area contributed by atoms with Gasteiger partial charge >= 0.3 is 6.09 Å². The van der Waals surface area contributed by atoms with Crippen LogP contribution in [0.2, 0.25) is 0 Å². The number of carbonyl (C=O) groups is 2. The molecule has 1 atom stereocenters. The second-order valence-corrected chi connectivity index (χ2v) is 6.90. The van der Waals surface area contributed by atoms with E-state index in [1.165, 1.54) is 0 Å². The van der Waals surface area contributed by atoms with Gasteiger partial charge in [0, 0.05) is 25.0 Å². The molecule has 1 aliphatic heterocycles. The highest BCUT2D eigenvalue weighted by atomic mass is 16.6. The molecule has 2 amide bonds. The van der Waals surface area contributed by atoms with Crippen molar-refractivity contribution in [2.75, 3.05) is 13.1 Å². The van der Waals surface area contributed by atoms with E-state index in [1.807, 2.05) is 20.8 Å². The van der Waals surface area contributed by atoms with Gasteiger partial charge in [0.05, 0.1) is 0 Å². The van der Waals surface area contributed by atoms with Gasteiger partial charge < -0.3 is 15.0 Å². The molecule has 0 radical (unpaired) electrons. The first-order chi connectivity index (χ1) is 9.35. The number of piperidine rings is 1. The molecule has 5 heteroatoms. The molecule has 2 fully saturated rings. The number of amides is 2. The first-order valence-corrected chi connectivity index (χ1v) is 7.63. The Labute approximate surface area is 121 Å². The van der Waals surface area contributed by atoms with E-state index in [4.69, 9.17) is 4.74 Å². The first-order valence-electron chi connectivity index (χ1n) is 7.63. The fraction of sp³-hybridized carbons (Fsp3) is 0.867. The molecule has 5 nitrogen and oxygen atoms in total. The van der Waals surface area contributed by atoms with Crippen molar-refractivity contribution >= 4 is 12.0 Å². The van der Waals surface area contributed by atoms with E-state index in [-0.39, 0.29) is 24.0 Å². The number of hydrogen-bond donors (Lipinski definition) is 1. The van der Waals surface area contributed by atoms with E-state index in [0.717, 1.165) is 32.1 Å². The third-order valence-electron chi connectivity index (χ3n) is 3.90. The lowest BCUT2D eigenvalue weighted by Gasteiger charge is -2.35. The first kappa shape index (κ1) is 15.1. The van der Waals surface area contributed by atoms with Gasteiger partial charge in [-0.15, -0.1) is 0 Å². The highest BCUT2D eigenvalue weighted by Gasteiger charge is 2.31. The van der Waals surface area contributed by atoms with Crippen molar-refractivity contribution in [2.24, 2.45) is 5.92 Å². The molecule has 1 saturated carbocycles. The predicted octanol–water partition coefficient (Wildman–Crippen LogP) is 2.30. The molecule has 20 heavy (non-hydrogen) atoms. The van der Waals surface area contributed by atoms with Gasteiger partial charge in [-0.1, -0.05) is 6.42 Å². The van der Waals surface area contributed by atoms with Crippen LogP contribution >= 0.6 is 0 Å². The van der Waals surface area contributed by atoms with E-state index >= 15 is 0 Å². The minimum Gasteiger partial charge on any atom is -0.444 e. The summed E-state index contributed by atoms with van der Waals surface area (Å²) in [6.45, 7) is 6.87. The van der Waals surface area contributed by atoms with Crippen molar-refractivity contribution in [1.29, 1.82) is 0 Å². The SMILES string of the molecule is CC(C)(C)OC(=O)N1CCC[C@H](NC(=O)C2CCC2)C1. The van der Waals surface area contributed by atoms with Crippen LogP contribution in [0.5, 0.6) is 0 Å². The Morgan fingerprint density at radius 3 is 2.40 bits per heavy atom. The number of ether oxygens (including phenoxy) is 1. The summed E-state index contributed by atoms with van der Waals surface area (Å²) >= 11 is 0. The second-order valence-electron chi connectivity index (χ2n) is 6.90. The molecule has 114 valence electrons. The summed E-state index contributed by atoms with van der Waals surface area (Å²) in [5, 5.41) is 3.08. The fourth-order valence-electron chi connectivity index (χ4n) is 2.58. The number of carbonyl (C=O) groups excluding carboxylic acids is 2. The highest BCUT2D eigenvalue weighted by Crippen LogP contribution is 2.26. The van der Waals surface area contributed by atoms with Crippen LogP contribution in [0.1, 0.15) is 52.9 Å². The van der Waals surface area contributed by atoms with Gasteiger partial charge in [0.15, 0.2) is 0 Å². The van der Waals surface area contributed by atoms with Crippen LogP contribution in [0, 0.1) is 5.92 Å². The van der Waals surface area contributed by atoms with Gasteiger partial charge in [-0.25, -0.2) is 4.79 Å². The van der Waals surface area contributed by atoms with Crippen LogP contribution in [0.25, 0.3) is 0 Å². The summed E-state index contributed by atoms with van der Waals surface area (Å²) in [4.78, 5) is 25.7. The Balaban J connectivity index is 1.81. The average Bonchev–Trinajstić information content (AvgIpc) is 2.24. The Morgan fingerprint density at radius 1 is 1.15 bits per heavy atom. The molecule has 1 N–H and O–H groups in total. The van der Waals surface area contributed by atoms with E-state index < -0.39 is 5.60 Å². The molecule has 0 aromatic rings. The van der Waals surface area contributed by atoms with Crippen molar-refractivity contribution in [3.8, 4) is 0 Å². The minimum absolute atomic E-state index is 0.0735. The number of rotatable bonds is 2. The van der Waals surface area contributed by atoms with Crippen molar-refractivity contribution in [2.45, 2.75) is 64.5 Å². The molecule has 0 bridgehead atoms. The van der Waals surface area contributed by atoms with Gasteiger partial charge in [0.2, 0.25) is 5.91 Å². The molecule has 0 spiro atoms. The van der Waals surface area contributed by atoms with Crippen molar-refractivity contribution in [3.05, 3.63) is 0 Å². The molecule has 0 aromatic carbocycles. The van der Waals surface area contributed by atoms with Crippen LogP contribution in [0.3, 0.4) is 0 Å². The fourth-order valence-corrected chi connectivity index (χ4v) is 2.58. The largest absolute Gasteiger partial charge is 0.444 e. The van der Waals surface area contributed by atoms with E-state index in [9.17, 15) is 9.59 Å². The third-order valence-corrected chi connectivity index (χ3v) is 3.90. The Morgan fingerprint density at radius 2 is 1.85 bits per heavy atom. The Hall–Kier alpha value is -1.26. The third kappa shape index (κ3) is 4.12. The van der Waals surface area contributed by atoms with Gasteiger partial charge in [-0.05, 0) is 46.5 Å². The zero-order chi connectivity index (χ0) is 14.8.